The first-order valence-electron chi connectivity index (χ1n) is 11.0. The molecule has 0 bridgehead atoms. The summed E-state index contributed by atoms with van der Waals surface area (Å²) in [4.78, 5) is 15.1. The van der Waals surface area contributed by atoms with Crippen molar-refractivity contribution in [2.75, 3.05) is 13.7 Å². The Morgan fingerprint density at radius 1 is 1.12 bits per heavy atom. The number of pyridine rings is 1. The van der Waals surface area contributed by atoms with E-state index in [4.69, 9.17) is 9.47 Å². The summed E-state index contributed by atoms with van der Waals surface area (Å²) in [6.07, 6.45) is 5.33. The van der Waals surface area contributed by atoms with Crippen LogP contribution in [0.2, 0.25) is 0 Å². The summed E-state index contributed by atoms with van der Waals surface area (Å²) >= 11 is 0. The summed E-state index contributed by atoms with van der Waals surface area (Å²) < 4.78 is 39.0. The number of benzene rings is 1. The molecule has 0 aliphatic heterocycles. The van der Waals surface area contributed by atoms with Crippen molar-refractivity contribution in [2.45, 2.75) is 55.0 Å². The minimum atomic E-state index is -4.29. The van der Waals surface area contributed by atoms with E-state index in [1.165, 1.54) is 31.4 Å². The van der Waals surface area contributed by atoms with Crippen molar-refractivity contribution in [3.05, 3.63) is 54.4 Å². The Morgan fingerprint density at radius 2 is 1.74 bits per heavy atom. The Labute approximate surface area is 206 Å². The quantitative estimate of drug-likeness (QED) is 0.327. The Kier molecular flexibility index (Phi) is 10.3. The number of ether oxygens (including phenoxy) is 2. The van der Waals surface area contributed by atoms with Crippen molar-refractivity contribution in [2.24, 2.45) is 5.92 Å². The molecule has 0 unspecified atom stereocenters. The highest BCUT2D eigenvalue weighted by molar-refractivity contribution is 7.93. The standard InChI is InChI=1S/C23H31N3O6S.ClH/c1-3-32-20-6-4-18(5-7-20)23(22(27)26-28,25-16-17-12-14-24-15-13-17)33(29,30)21-10-8-19(31-2)9-11-21;/h8-15,18,20,25,28H,3-7,16H2,1-2H3,(H,26,27);1H/t18?,20?,23-;/m1./s1. The third-order valence-electron chi connectivity index (χ3n) is 6.19. The average molecular weight is 514 g/mol. The van der Waals surface area contributed by atoms with Crippen molar-refractivity contribution in [3.63, 3.8) is 0 Å². The van der Waals surface area contributed by atoms with Gasteiger partial charge in [-0.25, -0.2) is 13.9 Å². The van der Waals surface area contributed by atoms with Crippen molar-refractivity contribution in [1.82, 2.24) is 15.8 Å². The van der Waals surface area contributed by atoms with Crippen LogP contribution in [0.15, 0.2) is 53.7 Å². The molecule has 1 saturated carbocycles. The zero-order chi connectivity index (χ0) is 23.9. The van der Waals surface area contributed by atoms with Crippen LogP contribution in [0.3, 0.4) is 0 Å². The SMILES string of the molecule is CCOC1CCC([C@](NCc2ccncc2)(C(=O)NO)S(=O)(=O)c2ccc(OC)cc2)CC1.Cl. The Hall–Kier alpha value is -2.24. The third-order valence-corrected chi connectivity index (χ3v) is 8.59. The molecule has 3 N–H and O–H groups in total. The second kappa shape index (κ2) is 12.5. The number of methoxy groups -OCH3 is 1. The van der Waals surface area contributed by atoms with Gasteiger partial charge in [-0.15, -0.1) is 12.4 Å². The Morgan fingerprint density at radius 3 is 2.26 bits per heavy atom. The van der Waals surface area contributed by atoms with Gasteiger partial charge in [0.25, 0.3) is 5.91 Å². The number of amides is 1. The zero-order valence-electron chi connectivity index (χ0n) is 19.3. The lowest BCUT2D eigenvalue weighted by atomic mass is 9.81. The smallest absolute Gasteiger partial charge is 0.280 e. The lowest BCUT2D eigenvalue weighted by Gasteiger charge is -2.42. The van der Waals surface area contributed by atoms with E-state index in [1.54, 1.807) is 30.0 Å². The second-order valence-corrected chi connectivity index (χ2v) is 10.1. The molecule has 3 rings (SSSR count). The first-order chi connectivity index (χ1) is 15.9. The fraction of sp³-hybridized carbons (Fsp3) is 0.478. The number of sulfone groups is 1. The fourth-order valence-corrected chi connectivity index (χ4v) is 6.57. The van der Waals surface area contributed by atoms with E-state index in [0.29, 0.717) is 38.0 Å². The summed E-state index contributed by atoms with van der Waals surface area (Å²) in [5.41, 5.74) is 2.38. The van der Waals surface area contributed by atoms with E-state index < -0.39 is 26.5 Å². The van der Waals surface area contributed by atoms with Crippen molar-refractivity contribution in [3.8, 4) is 5.75 Å². The van der Waals surface area contributed by atoms with Gasteiger partial charge in [-0.3, -0.25) is 20.3 Å². The minimum Gasteiger partial charge on any atom is -0.497 e. The van der Waals surface area contributed by atoms with Crippen LogP contribution in [0, 0.1) is 5.92 Å². The molecule has 1 fully saturated rings. The minimum absolute atomic E-state index is 0. The molecule has 1 amide bonds. The molecule has 1 aliphatic carbocycles. The van der Waals surface area contributed by atoms with E-state index in [0.717, 1.165) is 5.56 Å². The molecule has 9 nitrogen and oxygen atoms in total. The maximum atomic E-state index is 14.1. The van der Waals surface area contributed by atoms with E-state index in [9.17, 15) is 18.4 Å². The summed E-state index contributed by atoms with van der Waals surface area (Å²) in [7, 11) is -2.81. The molecule has 1 aromatic carbocycles. The van der Waals surface area contributed by atoms with Crippen LogP contribution in [0.5, 0.6) is 5.75 Å². The van der Waals surface area contributed by atoms with Crippen molar-refractivity contribution in [1.29, 1.82) is 0 Å². The van der Waals surface area contributed by atoms with Gasteiger partial charge in [0.2, 0.25) is 14.7 Å². The van der Waals surface area contributed by atoms with Gasteiger partial charge in [0.05, 0.1) is 18.1 Å². The van der Waals surface area contributed by atoms with E-state index in [1.807, 2.05) is 6.92 Å². The fourth-order valence-electron chi connectivity index (χ4n) is 4.48. The number of hydroxylamine groups is 1. The van der Waals surface area contributed by atoms with Crippen LogP contribution in [0.1, 0.15) is 38.2 Å². The Bertz CT molecular complexity index is 1010. The number of carbonyl (C=O) groups is 1. The van der Waals surface area contributed by atoms with Gasteiger partial charge in [-0.2, -0.15) is 0 Å². The highest BCUT2D eigenvalue weighted by Crippen LogP contribution is 2.40. The molecule has 1 aromatic heterocycles. The molecular weight excluding hydrogens is 482 g/mol. The van der Waals surface area contributed by atoms with Crippen LogP contribution >= 0.6 is 12.4 Å². The molecule has 34 heavy (non-hydrogen) atoms. The molecule has 1 heterocycles. The van der Waals surface area contributed by atoms with Gasteiger partial charge in [0, 0.05) is 31.5 Å². The highest BCUT2D eigenvalue weighted by Gasteiger charge is 2.57. The third kappa shape index (κ3) is 5.69. The molecule has 0 spiro atoms. The zero-order valence-corrected chi connectivity index (χ0v) is 20.9. The Balaban J connectivity index is 0.00000408. The van der Waals surface area contributed by atoms with Gasteiger partial charge >= 0.3 is 0 Å². The first-order valence-corrected chi connectivity index (χ1v) is 12.5. The van der Waals surface area contributed by atoms with E-state index >= 15 is 0 Å². The van der Waals surface area contributed by atoms with Gasteiger partial charge < -0.3 is 9.47 Å². The average Bonchev–Trinajstić information content (AvgIpc) is 2.85. The van der Waals surface area contributed by atoms with E-state index in [-0.39, 0.29) is 30.0 Å². The number of hydrogen-bond donors (Lipinski definition) is 3. The molecule has 0 saturated heterocycles. The largest absolute Gasteiger partial charge is 0.497 e. The monoisotopic (exact) mass is 513 g/mol. The number of carbonyl (C=O) groups excluding carboxylic acids is 1. The second-order valence-electron chi connectivity index (χ2n) is 7.99. The van der Waals surface area contributed by atoms with Crippen LogP contribution in [0.4, 0.5) is 0 Å². The number of aromatic nitrogens is 1. The first kappa shape index (κ1) is 28.0. The van der Waals surface area contributed by atoms with Crippen LogP contribution < -0.4 is 15.5 Å². The number of halogens is 1. The summed E-state index contributed by atoms with van der Waals surface area (Å²) in [5, 5.41) is 12.7. The molecule has 0 radical (unpaired) electrons. The predicted octanol–water partition coefficient (Wildman–Crippen LogP) is 2.87. The number of nitrogens with zero attached hydrogens (tertiary/aromatic N) is 1. The molecule has 2 aromatic rings. The molecule has 1 aliphatic rings. The lowest BCUT2D eigenvalue weighted by molar-refractivity contribution is -0.135. The van der Waals surface area contributed by atoms with Crippen molar-refractivity contribution < 1.29 is 27.9 Å². The van der Waals surface area contributed by atoms with Gasteiger partial charge in [-0.1, -0.05) is 0 Å². The lowest BCUT2D eigenvalue weighted by Crippen LogP contribution is -2.66. The summed E-state index contributed by atoms with van der Waals surface area (Å²) in [5.74, 6) is -1.10. The summed E-state index contributed by atoms with van der Waals surface area (Å²) in [6, 6.07) is 9.36. The van der Waals surface area contributed by atoms with Crippen LogP contribution in [0.25, 0.3) is 0 Å². The van der Waals surface area contributed by atoms with Crippen molar-refractivity contribution >= 4 is 28.2 Å². The number of nitrogens with one attached hydrogen (secondary N) is 2. The van der Waals surface area contributed by atoms with Crippen LogP contribution in [-0.2, 0) is 25.9 Å². The molecular formula is C23H32ClN3O6S. The maximum absolute atomic E-state index is 14.1. The molecule has 11 heteroatoms. The maximum Gasteiger partial charge on any atom is 0.280 e. The van der Waals surface area contributed by atoms with E-state index in [2.05, 4.69) is 10.3 Å². The number of rotatable bonds is 10. The number of hydrogen-bond acceptors (Lipinski definition) is 8. The molecule has 188 valence electrons. The van der Waals surface area contributed by atoms with Gasteiger partial charge in [0.15, 0.2) is 0 Å². The predicted molar refractivity (Wildman–Crippen MR) is 129 cm³/mol. The summed E-state index contributed by atoms with van der Waals surface area (Å²) in [6.45, 7) is 2.58. The molecule has 1 atom stereocenters. The highest BCUT2D eigenvalue weighted by atomic mass is 35.5. The van der Waals surface area contributed by atoms with Crippen LogP contribution in [-0.4, -0.2) is 49.2 Å². The van der Waals surface area contributed by atoms with Gasteiger partial charge in [-0.05, 0) is 74.6 Å². The van der Waals surface area contributed by atoms with Gasteiger partial charge in [0.1, 0.15) is 5.75 Å². The normalized spacial score (nSPS) is 20.0. The topological polar surface area (TPSA) is 127 Å².